The van der Waals surface area contributed by atoms with E-state index in [2.05, 4.69) is 10.3 Å². The third-order valence-electron chi connectivity index (χ3n) is 5.18. The number of carbonyl (C=O) groups excluding carboxylic acids is 1. The number of benzene rings is 3. The Kier molecular flexibility index (Phi) is 6.43. The Morgan fingerprint density at radius 3 is 2.40 bits per heavy atom. The van der Waals surface area contributed by atoms with Gasteiger partial charge in [-0.25, -0.2) is 17.8 Å². The second kappa shape index (κ2) is 9.47. The lowest BCUT2D eigenvalue weighted by atomic mass is 10.1. The Bertz CT molecular complexity index is 1520. The van der Waals surface area contributed by atoms with Crippen LogP contribution < -0.4 is 5.32 Å². The molecule has 178 valence electrons. The minimum Gasteiger partial charge on any atom is -0.312 e. The number of imidazole rings is 1. The summed E-state index contributed by atoms with van der Waals surface area (Å²) in [6.07, 6.45) is 2.41. The summed E-state index contributed by atoms with van der Waals surface area (Å²) in [6, 6.07) is 17.9. The number of rotatable bonds is 7. The van der Waals surface area contributed by atoms with Crippen LogP contribution in [0.3, 0.4) is 0 Å². The molecular weight excluding hydrogens is 475 g/mol. The second-order valence-electron chi connectivity index (χ2n) is 7.76. The fourth-order valence-corrected chi connectivity index (χ4v) is 4.12. The Balaban J connectivity index is 1.78. The molecule has 35 heavy (non-hydrogen) atoms. The number of anilines is 1. The van der Waals surface area contributed by atoms with Crippen molar-refractivity contribution in [1.82, 2.24) is 9.55 Å². The van der Waals surface area contributed by atoms with Crippen LogP contribution in [0.5, 0.6) is 0 Å². The number of non-ortho nitro benzene ring substituents is 1. The SMILES string of the molecule is CS(=O)(=O)c1cc(C(=O)Nc2c(-c3ccc(F)cc3)ncn2Cc2ccccc2)cc([N+](=O)[O-])c1. The van der Waals surface area contributed by atoms with Gasteiger partial charge < -0.3 is 9.88 Å². The molecule has 0 aliphatic rings. The summed E-state index contributed by atoms with van der Waals surface area (Å²) in [5, 5.41) is 14.0. The van der Waals surface area contributed by atoms with E-state index in [-0.39, 0.29) is 16.3 Å². The van der Waals surface area contributed by atoms with Crippen LogP contribution >= 0.6 is 0 Å². The number of carbonyl (C=O) groups is 1. The zero-order valence-electron chi connectivity index (χ0n) is 18.4. The molecule has 0 aliphatic carbocycles. The molecule has 0 saturated carbocycles. The van der Waals surface area contributed by atoms with E-state index in [1.165, 1.54) is 30.6 Å². The van der Waals surface area contributed by atoms with E-state index in [9.17, 15) is 27.7 Å². The lowest BCUT2D eigenvalue weighted by Gasteiger charge is -2.13. The number of hydrogen-bond acceptors (Lipinski definition) is 6. The number of hydrogen-bond donors (Lipinski definition) is 1. The van der Waals surface area contributed by atoms with E-state index in [0.29, 0.717) is 17.8 Å². The quantitative estimate of drug-likeness (QED) is 0.302. The molecule has 0 unspecified atom stereocenters. The van der Waals surface area contributed by atoms with Crippen LogP contribution in [0.25, 0.3) is 11.3 Å². The van der Waals surface area contributed by atoms with Crippen LogP contribution in [0.1, 0.15) is 15.9 Å². The van der Waals surface area contributed by atoms with Gasteiger partial charge in [-0.1, -0.05) is 30.3 Å². The largest absolute Gasteiger partial charge is 0.312 e. The highest BCUT2D eigenvalue weighted by Crippen LogP contribution is 2.29. The summed E-state index contributed by atoms with van der Waals surface area (Å²) in [4.78, 5) is 27.8. The minimum absolute atomic E-state index is 0.211. The number of nitrogens with zero attached hydrogens (tertiary/aromatic N) is 3. The van der Waals surface area contributed by atoms with Gasteiger partial charge in [-0.3, -0.25) is 14.9 Å². The average molecular weight is 495 g/mol. The predicted molar refractivity (Wildman–Crippen MR) is 127 cm³/mol. The van der Waals surface area contributed by atoms with Crippen LogP contribution in [-0.4, -0.2) is 35.1 Å². The molecule has 4 rings (SSSR count). The molecular formula is C24H19FN4O5S. The van der Waals surface area contributed by atoms with E-state index in [0.717, 1.165) is 30.0 Å². The van der Waals surface area contributed by atoms with Crippen molar-refractivity contribution in [1.29, 1.82) is 0 Å². The van der Waals surface area contributed by atoms with Crippen LogP contribution in [0, 0.1) is 15.9 Å². The Morgan fingerprint density at radius 1 is 1.09 bits per heavy atom. The van der Waals surface area contributed by atoms with Crippen LogP contribution in [0.2, 0.25) is 0 Å². The average Bonchev–Trinajstić information content (AvgIpc) is 3.21. The first kappa shape index (κ1) is 23.8. The third-order valence-corrected chi connectivity index (χ3v) is 6.27. The first-order valence-electron chi connectivity index (χ1n) is 10.3. The van der Waals surface area contributed by atoms with Crippen LogP contribution in [0.15, 0.2) is 84.0 Å². The topological polar surface area (TPSA) is 124 Å². The molecule has 0 saturated heterocycles. The summed E-state index contributed by atoms with van der Waals surface area (Å²) >= 11 is 0. The first-order chi connectivity index (χ1) is 16.6. The fourth-order valence-electron chi connectivity index (χ4n) is 3.45. The van der Waals surface area contributed by atoms with Crippen molar-refractivity contribution >= 4 is 27.2 Å². The number of nitro groups is 1. The lowest BCUT2D eigenvalue weighted by molar-refractivity contribution is -0.385. The first-order valence-corrected chi connectivity index (χ1v) is 12.2. The van der Waals surface area contributed by atoms with Gasteiger partial charge in [-0.2, -0.15) is 0 Å². The van der Waals surface area contributed by atoms with Gasteiger partial charge in [0.15, 0.2) is 9.84 Å². The monoisotopic (exact) mass is 494 g/mol. The maximum absolute atomic E-state index is 13.5. The number of aromatic nitrogens is 2. The van der Waals surface area contributed by atoms with Crippen molar-refractivity contribution < 1.29 is 22.5 Å². The van der Waals surface area contributed by atoms with Gasteiger partial charge >= 0.3 is 0 Å². The Morgan fingerprint density at radius 2 is 1.77 bits per heavy atom. The molecule has 9 nitrogen and oxygen atoms in total. The fraction of sp³-hybridized carbons (Fsp3) is 0.0833. The molecule has 0 atom stereocenters. The van der Waals surface area contributed by atoms with Gasteiger partial charge in [0.05, 0.1) is 22.7 Å². The zero-order chi connectivity index (χ0) is 25.2. The summed E-state index contributed by atoms with van der Waals surface area (Å²) in [6.45, 7) is 0.341. The minimum atomic E-state index is -3.82. The highest BCUT2D eigenvalue weighted by molar-refractivity contribution is 7.90. The van der Waals surface area contributed by atoms with Crippen LogP contribution in [0.4, 0.5) is 15.9 Å². The van der Waals surface area contributed by atoms with Gasteiger partial charge in [-0.05, 0) is 35.9 Å². The van der Waals surface area contributed by atoms with Crippen molar-refractivity contribution in [2.24, 2.45) is 0 Å². The molecule has 1 heterocycles. The number of halogens is 1. The number of amides is 1. The molecule has 0 bridgehead atoms. The highest BCUT2D eigenvalue weighted by Gasteiger charge is 2.22. The van der Waals surface area contributed by atoms with Gasteiger partial charge in [0.1, 0.15) is 17.3 Å². The molecule has 3 aromatic carbocycles. The smallest absolute Gasteiger partial charge is 0.271 e. The molecule has 0 fully saturated rings. The Hall–Kier alpha value is -4.38. The molecule has 0 spiro atoms. The van der Waals surface area contributed by atoms with E-state index in [4.69, 9.17) is 0 Å². The van der Waals surface area contributed by atoms with Crippen molar-refractivity contribution in [3.8, 4) is 11.3 Å². The van der Waals surface area contributed by atoms with E-state index >= 15 is 0 Å². The van der Waals surface area contributed by atoms with E-state index in [1.54, 1.807) is 4.57 Å². The standard InChI is InChI=1S/C24H19FN4O5S/c1-35(33,34)21-12-18(11-20(13-21)29(31)32)24(30)27-23-22(17-7-9-19(25)10-8-17)26-15-28(23)14-16-5-3-2-4-6-16/h2-13,15H,14H2,1H3,(H,27,30). The van der Waals surface area contributed by atoms with Gasteiger partial charge in [0.2, 0.25) is 0 Å². The molecule has 11 heteroatoms. The van der Waals surface area contributed by atoms with Crippen LogP contribution in [-0.2, 0) is 16.4 Å². The van der Waals surface area contributed by atoms with Crippen molar-refractivity contribution in [2.75, 3.05) is 11.6 Å². The van der Waals surface area contributed by atoms with Gasteiger partial charge in [0, 0.05) is 29.5 Å². The molecule has 1 amide bonds. The number of nitrogens with one attached hydrogen (secondary N) is 1. The van der Waals surface area contributed by atoms with Crippen molar-refractivity contribution in [3.63, 3.8) is 0 Å². The zero-order valence-corrected chi connectivity index (χ0v) is 19.2. The number of sulfone groups is 1. The van der Waals surface area contributed by atoms with E-state index < -0.39 is 32.2 Å². The normalized spacial score (nSPS) is 11.3. The lowest BCUT2D eigenvalue weighted by Crippen LogP contribution is -2.17. The summed E-state index contributed by atoms with van der Waals surface area (Å²) in [7, 11) is -3.82. The van der Waals surface area contributed by atoms with E-state index in [1.807, 2.05) is 30.3 Å². The van der Waals surface area contributed by atoms with Gasteiger partial charge in [0.25, 0.3) is 11.6 Å². The van der Waals surface area contributed by atoms with Crippen molar-refractivity contribution in [2.45, 2.75) is 11.4 Å². The summed E-state index contributed by atoms with van der Waals surface area (Å²) < 4.78 is 39.2. The molecule has 4 aromatic rings. The highest BCUT2D eigenvalue weighted by atomic mass is 32.2. The summed E-state index contributed by atoms with van der Waals surface area (Å²) in [5.74, 6) is -0.942. The molecule has 1 N–H and O–H groups in total. The summed E-state index contributed by atoms with van der Waals surface area (Å²) in [5.41, 5.74) is 1.06. The van der Waals surface area contributed by atoms with Gasteiger partial charge in [-0.15, -0.1) is 0 Å². The number of nitro benzene ring substituents is 1. The molecule has 0 aliphatic heterocycles. The molecule has 1 aromatic heterocycles. The maximum atomic E-state index is 13.5. The molecule has 0 radical (unpaired) electrons. The predicted octanol–water partition coefficient (Wildman–Crippen LogP) is 4.30. The maximum Gasteiger partial charge on any atom is 0.271 e. The van der Waals surface area contributed by atoms with Crippen molar-refractivity contribution in [3.05, 3.63) is 106 Å². The Labute approximate surface area is 199 Å². The second-order valence-corrected chi connectivity index (χ2v) is 9.78. The third kappa shape index (κ3) is 5.41.